The first-order valence-corrected chi connectivity index (χ1v) is 10.3. The van der Waals surface area contributed by atoms with Gasteiger partial charge in [0.25, 0.3) is 0 Å². The molecule has 0 spiro atoms. The summed E-state index contributed by atoms with van der Waals surface area (Å²) in [4.78, 5) is 24.7. The standard InChI is InChI=1S/C22H32O6/c1-11-6-16-20(26,18(11)25)9-14(10-23)7-15-17-19(4,5)21(17,28-13(3)24)8-12(2)22(15,16)27/h7,11-12,15-17,23,26-27H,6,8-10H2,1-5H3/t11?,12-,15+,16-,17-,20-,21+,22-/m1/s1. The van der Waals surface area contributed by atoms with Crippen LogP contribution < -0.4 is 0 Å². The van der Waals surface area contributed by atoms with Crippen molar-refractivity contribution in [1.29, 1.82) is 0 Å². The molecule has 6 heteroatoms. The number of hydrogen-bond acceptors (Lipinski definition) is 6. The van der Waals surface area contributed by atoms with Crippen LogP contribution in [-0.4, -0.2) is 50.5 Å². The van der Waals surface area contributed by atoms with E-state index >= 15 is 0 Å². The summed E-state index contributed by atoms with van der Waals surface area (Å²) in [5, 5.41) is 33.5. The minimum absolute atomic E-state index is 0.0522. The number of fused-ring (bicyclic) bond motifs is 5. The number of rotatable bonds is 2. The van der Waals surface area contributed by atoms with Crippen molar-refractivity contribution in [3.63, 3.8) is 0 Å². The SMILES string of the molecule is CC(=O)O[C@@]12C[C@@H](C)[C@@]3(O)[C@@H](C=C(CO)C[C@]4(O)C(=O)C(C)C[C@@H]34)[C@@H]1C2(C)C. The van der Waals surface area contributed by atoms with Crippen LogP contribution >= 0.6 is 0 Å². The lowest BCUT2D eigenvalue weighted by atomic mass is 9.59. The number of carbonyl (C=O) groups excluding carboxylic acids is 2. The summed E-state index contributed by atoms with van der Waals surface area (Å²) >= 11 is 0. The Bertz CT molecular complexity index is 771. The third-order valence-electron chi connectivity index (χ3n) is 8.62. The molecular formula is C22H32O6. The van der Waals surface area contributed by atoms with Gasteiger partial charge in [-0.2, -0.15) is 0 Å². The van der Waals surface area contributed by atoms with Crippen LogP contribution in [-0.2, 0) is 14.3 Å². The molecule has 3 N–H and O–H groups in total. The minimum Gasteiger partial charge on any atom is -0.458 e. The van der Waals surface area contributed by atoms with Crippen molar-refractivity contribution in [2.75, 3.05) is 6.61 Å². The van der Waals surface area contributed by atoms with Crippen LogP contribution in [0, 0.1) is 35.0 Å². The normalized spacial score (nSPS) is 51.4. The van der Waals surface area contributed by atoms with Gasteiger partial charge in [-0.15, -0.1) is 0 Å². The molecule has 0 saturated heterocycles. The molecule has 156 valence electrons. The molecule has 4 aliphatic carbocycles. The summed E-state index contributed by atoms with van der Waals surface area (Å²) in [6, 6.07) is 0. The van der Waals surface area contributed by atoms with E-state index in [-0.39, 0.29) is 47.9 Å². The number of ketones is 1. The summed E-state index contributed by atoms with van der Waals surface area (Å²) < 4.78 is 5.85. The third kappa shape index (κ3) is 2.14. The van der Waals surface area contributed by atoms with Crippen molar-refractivity contribution in [2.24, 2.45) is 35.0 Å². The molecule has 1 unspecified atom stereocenters. The van der Waals surface area contributed by atoms with Crippen molar-refractivity contribution in [2.45, 2.75) is 70.7 Å². The Kier molecular flexibility index (Phi) is 4.06. The summed E-state index contributed by atoms with van der Waals surface area (Å²) in [5.74, 6) is -2.32. The van der Waals surface area contributed by atoms with Crippen molar-refractivity contribution in [3.8, 4) is 0 Å². The van der Waals surface area contributed by atoms with Crippen LogP contribution in [0.5, 0.6) is 0 Å². The lowest BCUT2D eigenvalue weighted by Gasteiger charge is -2.51. The number of aliphatic hydroxyl groups is 3. The highest BCUT2D eigenvalue weighted by molar-refractivity contribution is 5.92. The molecule has 4 rings (SSSR count). The van der Waals surface area contributed by atoms with Gasteiger partial charge < -0.3 is 20.1 Å². The van der Waals surface area contributed by atoms with E-state index in [9.17, 15) is 24.9 Å². The van der Waals surface area contributed by atoms with Crippen LogP contribution in [0.4, 0.5) is 0 Å². The van der Waals surface area contributed by atoms with E-state index < -0.39 is 28.6 Å². The highest BCUT2D eigenvalue weighted by atomic mass is 16.6. The van der Waals surface area contributed by atoms with Crippen LogP contribution in [0.15, 0.2) is 11.6 Å². The zero-order valence-corrected chi connectivity index (χ0v) is 17.4. The van der Waals surface area contributed by atoms with E-state index in [4.69, 9.17) is 4.74 Å². The Hall–Kier alpha value is -1.24. The molecule has 0 aromatic heterocycles. The first-order valence-electron chi connectivity index (χ1n) is 10.3. The predicted molar refractivity (Wildman–Crippen MR) is 101 cm³/mol. The lowest BCUT2D eigenvalue weighted by Crippen LogP contribution is -2.60. The second kappa shape index (κ2) is 5.67. The lowest BCUT2D eigenvalue weighted by molar-refractivity contribution is -0.192. The Morgan fingerprint density at radius 3 is 2.50 bits per heavy atom. The van der Waals surface area contributed by atoms with Crippen LogP contribution in [0.3, 0.4) is 0 Å². The van der Waals surface area contributed by atoms with Gasteiger partial charge in [-0.1, -0.05) is 33.8 Å². The van der Waals surface area contributed by atoms with Gasteiger partial charge in [0.15, 0.2) is 5.78 Å². The highest BCUT2D eigenvalue weighted by Gasteiger charge is 2.83. The van der Waals surface area contributed by atoms with Crippen LogP contribution in [0.2, 0.25) is 0 Å². The molecule has 0 radical (unpaired) electrons. The first-order chi connectivity index (χ1) is 12.9. The predicted octanol–water partition coefficient (Wildman–Crippen LogP) is 1.61. The number of ether oxygens (including phenoxy) is 1. The fourth-order valence-corrected chi connectivity index (χ4v) is 7.30. The van der Waals surface area contributed by atoms with Crippen molar-refractivity contribution >= 4 is 11.8 Å². The highest BCUT2D eigenvalue weighted by Crippen LogP contribution is 2.76. The number of aliphatic hydroxyl groups excluding tert-OH is 1. The Balaban J connectivity index is 1.88. The maximum Gasteiger partial charge on any atom is 0.303 e. The van der Waals surface area contributed by atoms with E-state index in [0.717, 1.165) is 0 Å². The molecule has 0 heterocycles. The quantitative estimate of drug-likeness (QED) is 0.487. The van der Waals surface area contributed by atoms with Crippen molar-refractivity contribution in [1.82, 2.24) is 0 Å². The molecule has 0 aromatic rings. The molecule has 6 nitrogen and oxygen atoms in total. The fraction of sp³-hybridized carbons (Fsp3) is 0.818. The van der Waals surface area contributed by atoms with Gasteiger partial charge in [-0.25, -0.2) is 0 Å². The zero-order chi connectivity index (χ0) is 20.9. The number of hydrogen-bond donors (Lipinski definition) is 3. The largest absolute Gasteiger partial charge is 0.458 e. The van der Waals surface area contributed by atoms with Gasteiger partial charge in [-0.05, 0) is 24.3 Å². The van der Waals surface area contributed by atoms with E-state index in [1.165, 1.54) is 6.92 Å². The Morgan fingerprint density at radius 1 is 1.29 bits per heavy atom. The van der Waals surface area contributed by atoms with Gasteiger partial charge in [0.05, 0.1) is 12.2 Å². The van der Waals surface area contributed by atoms with E-state index in [2.05, 4.69) is 0 Å². The molecule has 0 bridgehead atoms. The molecule has 4 aliphatic rings. The molecule has 0 aliphatic heterocycles. The number of esters is 1. The van der Waals surface area contributed by atoms with E-state index in [0.29, 0.717) is 18.4 Å². The fourth-order valence-electron chi connectivity index (χ4n) is 7.30. The van der Waals surface area contributed by atoms with Gasteiger partial charge in [0.2, 0.25) is 0 Å². The molecular weight excluding hydrogens is 360 g/mol. The van der Waals surface area contributed by atoms with Gasteiger partial charge in [-0.3, -0.25) is 9.59 Å². The third-order valence-corrected chi connectivity index (χ3v) is 8.62. The van der Waals surface area contributed by atoms with E-state index in [1.807, 2.05) is 26.8 Å². The van der Waals surface area contributed by atoms with Gasteiger partial charge in [0.1, 0.15) is 11.2 Å². The molecule has 8 atom stereocenters. The average Bonchev–Trinajstić information content (AvgIpc) is 2.99. The number of Topliss-reactive ketones (excluding diaryl/α,β-unsaturated/α-hetero) is 1. The van der Waals surface area contributed by atoms with Gasteiger partial charge in [0, 0.05) is 42.4 Å². The molecule has 3 saturated carbocycles. The molecule has 0 aromatic carbocycles. The monoisotopic (exact) mass is 392 g/mol. The molecule has 0 amide bonds. The van der Waals surface area contributed by atoms with Crippen LogP contribution in [0.25, 0.3) is 0 Å². The zero-order valence-electron chi connectivity index (χ0n) is 17.4. The maximum absolute atomic E-state index is 12.9. The van der Waals surface area contributed by atoms with Crippen molar-refractivity contribution in [3.05, 3.63) is 11.6 Å². The Labute approximate surface area is 166 Å². The topological polar surface area (TPSA) is 104 Å². The Morgan fingerprint density at radius 2 is 1.93 bits per heavy atom. The second-order valence-corrected chi connectivity index (χ2v) is 10.3. The summed E-state index contributed by atoms with van der Waals surface area (Å²) in [6.45, 7) is 8.95. The first kappa shape index (κ1) is 20.0. The summed E-state index contributed by atoms with van der Waals surface area (Å²) in [7, 11) is 0. The van der Waals surface area contributed by atoms with E-state index in [1.54, 1.807) is 6.92 Å². The average molecular weight is 392 g/mol. The maximum atomic E-state index is 12.9. The summed E-state index contributed by atoms with van der Waals surface area (Å²) in [6.07, 6.45) is 2.83. The smallest absolute Gasteiger partial charge is 0.303 e. The summed E-state index contributed by atoms with van der Waals surface area (Å²) in [5.41, 5.74) is -3.39. The minimum atomic E-state index is -1.66. The van der Waals surface area contributed by atoms with Gasteiger partial charge >= 0.3 is 5.97 Å². The number of carbonyl (C=O) groups is 2. The molecule has 3 fully saturated rings. The van der Waals surface area contributed by atoms with Crippen LogP contribution in [0.1, 0.15) is 53.9 Å². The van der Waals surface area contributed by atoms with Crippen molar-refractivity contribution < 1.29 is 29.6 Å². The molecule has 28 heavy (non-hydrogen) atoms. The second-order valence-electron chi connectivity index (χ2n) is 10.3.